The van der Waals surface area contributed by atoms with Crippen molar-refractivity contribution in [3.05, 3.63) is 0 Å². The lowest BCUT2D eigenvalue weighted by molar-refractivity contribution is -0.317. The van der Waals surface area contributed by atoms with Crippen LogP contribution in [0.2, 0.25) is 0 Å². The van der Waals surface area contributed by atoms with Gasteiger partial charge >= 0.3 is 5.97 Å². The molecule has 3 aliphatic rings. The molecule has 0 aromatic heterocycles. The summed E-state index contributed by atoms with van der Waals surface area (Å²) in [6, 6.07) is -0.297. The van der Waals surface area contributed by atoms with Crippen LogP contribution >= 0.6 is 0 Å². The van der Waals surface area contributed by atoms with Gasteiger partial charge in [0.15, 0.2) is 12.6 Å². The molecule has 18 atom stereocenters. The van der Waals surface area contributed by atoms with E-state index in [1.807, 2.05) is 32.8 Å². The highest BCUT2D eigenvalue weighted by atomic mass is 16.7. The molecule has 0 spiro atoms. The van der Waals surface area contributed by atoms with Gasteiger partial charge in [0.05, 0.1) is 47.6 Å². The molecule has 3 aliphatic heterocycles. The molecule has 0 aromatic carbocycles. The molecule has 3 rings (SSSR count). The fraction of sp³-hybridized carbons (Fsp3) is 0.946. The normalized spacial score (nSPS) is 49.0. The first-order valence-corrected chi connectivity index (χ1v) is 18.4. The van der Waals surface area contributed by atoms with Crippen LogP contribution in [-0.2, 0) is 38.0 Å². The van der Waals surface area contributed by atoms with Gasteiger partial charge in [0, 0.05) is 43.2 Å². The number of aliphatic hydroxyl groups excluding tert-OH is 3. The smallest absolute Gasteiger partial charge is 0.311 e. The molecule has 3 saturated heterocycles. The van der Waals surface area contributed by atoms with E-state index in [-0.39, 0.29) is 30.8 Å². The van der Waals surface area contributed by atoms with E-state index in [9.17, 15) is 30.0 Å². The van der Waals surface area contributed by atoms with Gasteiger partial charge in [-0.25, -0.2) is 0 Å². The van der Waals surface area contributed by atoms with Crippen LogP contribution in [0.25, 0.3) is 0 Å². The van der Waals surface area contributed by atoms with Gasteiger partial charge in [0.2, 0.25) is 0 Å². The van der Waals surface area contributed by atoms with Crippen molar-refractivity contribution in [2.45, 2.75) is 174 Å². The summed E-state index contributed by atoms with van der Waals surface area (Å²) in [6.07, 6.45) is -7.91. The number of nitrogens with zero attached hydrogens (tertiary/aromatic N) is 1. The molecule has 3 heterocycles. The van der Waals surface area contributed by atoms with Crippen LogP contribution in [0.4, 0.5) is 0 Å². The van der Waals surface area contributed by atoms with E-state index in [4.69, 9.17) is 28.4 Å². The van der Waals surface area contributed by atoms with Crippen LogP contribution in [0, 0.1) is 29.6 Å². The fourth-order valence-electron chi connectivity index (χ4n) is 8.36. The van der Waals surface area contributed by atoms with Crippen LogP contribution in [0.3, 0.4) is 0 Å². The standard InChI is InChI=1S/C37H67NO12/c1-14-26-20(4)29(40)21(5)28(39)18(2)16-36(9,44)33(50-35-30(41)25(38(11)12)15-19(3)46-35)22(6)31(23(7)34(43)48-26)49-27-17-37(10,45-13)32(42)24(8)47-27/h18-27,29-33,35,40-42,44H,14-17H2,1-13H3/t18?,19?,20?,21?,22?,23?,24?,25?,26?,27?,29?,30?,31?,32?,33?,35?,36-,37-/m1/s1. The predicted molar refractivity (Wildman–Crippen MR) is 185 cm³/mol. The first-order valence-electron chi connectivity index (χ1n) is 18.4. The van der Waals surface area contributed by atoms with Crippen LogP contribution < -0.4 is 0 Å². The average Bonchev–Trinajstić information content (AvgIpc) is 3.05. The van der Waals surface area contributed by atoms with Crippen LogP contribution in [0.15, 0.2) is 0 Å². The second-order valence-corrected chi connectivity index (χ2v) is 16.2. The number of esters is 1. The molecule has 0 radical (unpaired) electrons. The van der Waals surface area contributed by atoms with Crippen LogP contribution in [-0.4, -0.2) is 137 Å². The Morgan fingerprint density at radius 2 is 1.50 bits per heavy atom. The first-order chi connectivity index (χ1) is 23.1. The van der Waals surface area contributed by atoms with Crippen molar-refractivity contribution in [2.24, 2.45) is 29.6 Å². The van der Waals surface area contributed by atoms with Gasteiger partial charge < -0.3 is 53.7 Å². The molecule has 0 aromatic rings. The molecule has 0 aliphatic carbocycles. The number of hydrogen-bond donors (Lipinski definition) is 4. The molecule has 16 unspecified atom stereocenters. The maximum Gasteiger partial charge on any atom is 0.311 e. The third-order valence-corrected chi connectivity index (χ3v) is 11.8. The Labute approximate surface area is 299 Å². The molecule has 13 heteroatoms. The lowest BCUT2D eigenvalue weighted by atomic mass is 9.74. The van der Waals surface area contributed by atoms with E-state index in [0.29, 0.717) is 12.8 Å². The summed E-state index contributed by atoms with van der Waals surface area (Å²) in [5.74, 6) is -4.59. The van der Waals surface area contributed by atoms with Gasteiger partial charge in [-0.05, 0) is 68.0 Å². The first kappa shape index (κ1) is 43.1. The van der Waals surface area contributed by atoms with E-state index in [0.717, 1.165) is 0 Å². The van der Waals surface area contributed by atoms with Crippen molar-refractivity contribution in [3.8, 4) is 0 Å². The number of hydrogen-bond acceptors (Lipinski definition) is 13. The second kappa shape index (κ2) is 17.3. The Hall–Kier alpha value is -1.26. The van der Waals surface area contributed by atoms with Crippen molar-refractivity contribution in [1.29, 1.82) is 0 Å². The number of carbonyl (C=O) groups is 2. The van der Waals surface area contributed by atoms with Gasteiger partial charge in [-0.1, -0.05) is 34.6 Å². The Kier molecular flexibility index (Phi) is 14.9. The van der Waals surface area contributed by atoms with Crippen molar-refractivity contribution in [3.63, 3.8) is 0 Å². The van der Waals surface area contributed by atoms with E-state index < -0.39 is 102 Å². The molecule has 4 N–H and O–H groups in total. The van der Waals surface area contributed by atoms with Gasteiger partial charge in [-0.3, -0.25) is 9.59 Å². The second-order valence-electron chi connectivity index (χ2n) is 16.2. The number of ketones is 1. The van der Waals surface area contributed by atoms with Crippen LogP contribution in [0.1, 0.15) is 94.9 Å². The summed E-state index contributed by atoms with van der Waals surface area (Å²) in [5, 5.41) is 46.0. The molecule has 292 valence electrons. The number of aliphatic hydroxyl groups is 4. The molecule has 50 heavy (non-hydrogen) atoms. The van der Waals surface area contributed by atoms with Gasteiger partial charge in [-0.15, -0.1) is 0 Å². The molecule has 0 bridgehead atoms. The van der Waals surface area contributed by atoms with Crippen molar-refractivity contribution in [1.82, 2.24) is 4.90 Å². The van der Waals surface area contributed by atoms with Crippen molar-refractivity contribution >= 4 is 11.8 Å². The van der Waals surface area contributed by atoms with E-state index in [1.54, 1.807) is 55.4 Å². The van der Waals surface area contributed by atoms with E-state index in [2.05, 4.69) is 0 Å². The number of carbonyl (C=O) groups excluding carboxylic acids is 2. The maximum atomic E-state index is 14.0. The predicted octanol–water partition coefficient (Wildman–Crippen LogP) is 2.67. The molecule has 3 fully saturated rings. The zero-order chi connectivity index (χ0) is 38.0. The minimum Gasteiger partial charge on any atom is -0.462 e. The van der Waals surface area contributed by atoms with Gasteiger partial charge in [0.25, 0.3) is 0 Å². The van der Waals surface area contributed by atoms with Gasteiger partial charge in [-0.2, -0.15) is 0 Å². The summed E-state index contributed by atoms with van der Waals surface area (Å²) >= 11 is 0. The third kappa shape index (κ3) is 9.45. The van der Waals surface area contributed by atoms with Crippen molar-refractivity contribution < 1.29 is 58.4 Å². The zero-order valence-electron chi connectivity index (χ0n) is 32.6. The Morgan fingerprint density at radius 1 is 0.880 bits per heavy atom. The Balaban J connectivity index is 2.16. The molecule has 0 saturated carbocycles. The molecular weight excluding hydrogens is 650 g/mol. The number of methoxy groups -OCH3 is 1. The Bertz CT molecular complexity index is 1120. The summed E-state index contributed by atoms with van der Waals surface area (Å²) in [4.78, 5) is 29.7. The zero-order valence-corrected chi connectivity index (χ0v) is 32.6. The quantitative estimate of drug-likeness (QED) is 0.284. The van der Waals surface area contributed by atoms with Crippen molar-refractivity contribution in [2.75, 3.05) is 21.2 Å². The monoisotopic (exact) mass is 717 g/mol. The lowest BCUT2D eigenvalue weighted by Crippen LogP contribution is -2.60. The maximum absolute atomic E-state index is 14.0. The van der Waals surface area contributed by atoms with E-state index >= 15 is 0 Å². The summed E-state index contributed by atoms with van der Waals surface area (Å²) in [5.41, 5.74) is -2.73. The Morgan fingerprint density at radius 3 is 2.06 bits per heavy atom. The highest BCUT2D eigenvalue weighted by Crippen LogP contribution is 2.40. The topological polar surface area (TPSA) is 174 Å². The SMILES string of the molecule is CCC1OC(=O)C(C)C(OC2C[C@@](C)(OC)C(O)C(C)O2)C(C)C(OC2OC(C)CC(N(C)C)C2O)[C@](C)(O)CC(C)C(=O)C(C)C(O)C1C. The number of cyclic esters (lactones) is 1. The summed E-state index contributed by atoms with van der Waals surface area (Å²) < 4.78 is 37.3. The lowest BCUT2D eigenvalue weighted by Gasteiger charge is -2.49. The highest BCUT2D eigenvalue weighted by molar-refractivity contribution is 5.83. The van der Waals surface area contributed by atoms with E-state index in [1.165, 1.54) is 7.11 Å². The number of likely N-dealkylation sites (N-methyl/N-ethyl adjacent to an activating group) is 1. The number of Topliss-reactive ketones (excluding diaryl/α,β-unsaturated/α-hetero) is 1. The largest absolute Gasteiger partial charge is 0.462 e. The molecule has 13 nitrogen and oxygen atoms in total. The fourth-order valence-corrected chi connectivity index (χ4v) is 8.36. The summed E-state index contributed by atoms with van der Waals surface area (Å²) in [6.45, 7) is 17.4. The average molecular weight is 718 g/mol. The molecule has 0 amide bonds. The van der Waals surface area contributed by atoms with Gasteiger partial charge in [0.1, 0.15) is 24.1 Å². The minimum atomic E-state index is -1.72. The number of rotatable bonds is 7. The third-order valence-electron chi connectivity index (χ3n) is 11.8. The minimum absolute atomic E-state index is 0.0462. The summed E-state index contributed by atoms with van der Waals surface area (Å²) in [7, 11) is 5.23. The van der Waals surface area contributed by atoms with Crippen LogP contribution in [0.5, 0.6) is 0 Å². The highest BCUT2D eigenvalue weighted by Gasteiger charge is 2.52. The molecular formula is C37H67NO12. The number of ether oxygens (including phenoxy) is 6.